The number of hydrogen-bond donors (Lipinski definition) is 1. The van der Waals surface area contributed by atoms with Gasteiger partial charge in [-0.15, -0.1) is 0 Å². The fourth-order valence-corrected chi connectivity index (χ4v) is 1.39. The molecule has 0 bridgehead atoms. The van der Waals surface area contributed by atoms with Crippen LogP contribution in [0, 0.1) is 0 Å². The molecule has 1 atom stereocenters. The summed E-state index contributed by atoms with van der Waals surface area (Å²) in [5, 5.41) is 9.38. The van der Waals surface area contributed by atoms with Gasteiger partial charge in [0.2, 0.25) is 0 Å². The SMILES string of the molecule is COc1cc([C@H](OC)C(C)=O)ccc1O. The van der Waals surface area contributed by atoms with E-state index in [1.807, 2.05) is 0 Å². The van der Waals surface area contributed by atoms with E-state index >= 15 is 0 Å². The molecule has 1 aromatic rings. The number of methoxy groups -OCH3 is 2. The van der Waals surface area contributed by atoms with Crippen molar-refractivity contribution in [3.05, 3.63) is 23.8 Å². The van der Waals surface area contributed by atoms with Crippen LogP contribution in [0.2, 0.25) is 0 Å². The maximum absolute atomic E-state index is 11.2. The molecule has 0 aliphatic rings. The molecule has 0 saturated carbocycles. The van der Waals surface area contributed by atoms with Crippen LogP contribution in [0.1, 0.15) is 18.6 Å². The van der Waals surface area contributed by atoms with Gasteiger partial charge < -0.3 is 14.6 Å². The number of benzene rings is 1. The number of phenolic OH excluding ortho intramolecular Hbond substituents is 1. The van der Waals surface area contributed by atoms with Crippen LogP contribution in [0.25, 0.3) is 0 Å². The number of carbonyl (C=O) groups excluding carboxylic acids is 1. The van der Waals surface area contributed by atoms with E-state index in [0.29, 0.717) is 11.3 Å². The topological polar surface area (TPSA) is 55.8 Å². The summed E-state index contributed by atoms with van der Waals surface area (Å²) in [5.41, 5.74) is 0.666. The minimum absolute atomic E-state index is 0.0413. The lowest BCUT2D eigenvalue weighted by Crippen LogP contribution is -2.10. The van der Waals surface area contributed by atoms with E-state index in [0.717, 1.165) is 0 Å². The quantitative estimate of drug-likeness (QED) is 0.821. The molecule has 0 radical (unpaired) electrons. The molecular weight excluding hydrogens is 196 g/mol. The maximum atomic E-state index is 11.2. The van der Waals surface area contributed by atoms with Gasteiger partial charge >= 0.3 is 0 Å². The van der Waals surface area contributed by atoms with Crippen molar-refractivity contribution in [2.75, 3.05) is 14.2 Å². The molecule has 0 heterocycles. The van der Waals surface area contributed by atoms with Gasteiger partial charge in [0.25, 0.3) is 0 Å². The van der Waals surface area contributed by atoms with Gasteiger partial charge in [-0.2, -0.15) is 0 Å². The number of aromatic hydroxyl groups is 1. The molecule has 1 rings (SSSR count). The molecule has 0 aliphatic heterocycles. The average Bonchev–Trinajstić information content (AvgIpc) is 2.21. The van der Waals surface area contributed by atoms with Crippen LogP contribution in [0.3, 0.4) is 0 Å². The molecular formula is C11H14O4. The Morgan fingerprint density at radius 3 is 2.53 bits per heavy atom. The first-order valence-electron chi connectivity index (χ1n) is 4.50. The van der Waals surface area contributed by atoms with E-state index in [4.69, 9.17) is 9.47 Å². The number of ether oxygens (including phenoxy) is 2. The third-order valence-corrected chi connectivity index (χ3v) is 2.11. The highest BCUT2D eigenvalue weighted by Crippen LogP contribution is 2.30. The fourth-order valence-electron chi connectivity index (χ4n) is 1.39. The first kappa shape index (κ1) is 11.5. The number of phenols is 1. The van der Waals surface area contributed by atoms with Crippen molar-refractivity contribution in [2.45, 2.75) is 13.0 Å². The second-order valence-corrected chi connectivity index (χ2v) is 3.16. The fraction of sp³-hybridized carbons (Fsp3) is 0.364. The zero-order valence-corrected chi connectivity index (χ0v) is 8.98. The molecule has 0 spiro atoms. The minimum atomic E-state index is -0.612. The van der Waals surface area contributed by atoms with Crippen LogP contribution < -0.4 is 4.74 Å². The number of carbonyl (C=O) groups is 1. The van der Waals surface area contributed by atoms with Crippen molar-refractivity contribution in [2.24, 2.45) is 0 Å². The molecule has 1 aromatic carbocycles. The highest BCUT2D eigenvalue weighted by Gasteiger charge is 2.17. The molecule has 0 saturated heterocycles. The van der Waals surface area contributed by atoms with Gasteiger partial charge in [0.15, 0.2) is 17.3 Å². The Morgan fingerprint density at radius 2 is 2.07 bits per heavy atom. The molecule has 0 aromatic heterocycles. The highest BCUT2D eigenvalue weighted by molar-refractivity contribution is 5.82. The first-order valence-corrected chi connectivity index (χ1v) is 4.50. The summed E-state index contributed by atoms with van der Waals surface area (Å²) in [6.45, 7) is 1.45. The van der Waals surface area contributed by atoms with Crippen molar-refractivity contribution in [1.82, 2.24) is 0 Å². The molecule has 0 amide bonds. The summed E-state index contributed by atoms with van der Waals surface area (Å²) in [7, 11) is 2.92. The van der Waals surface area contributed by atoms with Crippen molar-refractivity contribution < 1.29 is 19.4 Å². The van der Waals surface area contributed by atoms with E-state index in [2.05, 4.69) is 0 Å². The summed E-state index contributed by atoms with van der Waals surface area (Å²) < 4.78 is 9.99. The van der Waals surface area contributed by atoms with Crippen molar-refractivity contribution in [1.29, 1.82) is 0 Å². The molecule has 82 valence electrons. The number of Topliss-reactive ketones (excluding diaryl/α,β-unsaturated/α-hetero) is 1. The lowest BCUT2D eigenvalue weighted by atomic mass is 10.1. The molecule has 15 heavy (non-hydrogen) atoms. The van der Waals surface area contributed by atoms with E-state index < -0.39 is 6.10 Å². The summed E-state index contributed by atoms with van der Waals surface area (Å²) in [6.07, 6.45) is -0.612. The van der Waals surface area contributed by atoms with E-state index in [1.165, 1.54) is 27.2 Å². The third-order valence-electron chi connectivity index (χ3n) is 2.11. The van der Waals surface area contributed by atoms with Gasteiger partial charge in [-0.25, -0.2) is 0 Å². The molecule has 4 heteroatoms. The van der Waals surface area contributed by atoms with Gasteiger partial charge in [-0.3, -0.25) is 4.79 Å². The van der Waals surface area contributed by atoms with Crippen molar-refractivity contribution in [3.8, 4) is 11.5 Å². The highest BCUT2D eigenvalue weighted by atomic mass is 16.5. The van der Waals surface area contributed by atoms with Crippen LogP contribution >= 0.6 is 0 Å². The summed E-state index contributed by atoms with van der Waals surface area (Å²) in [6, 6.07) is 4.70. The van der Waals surface area contributed by atoms with Gasteiger partial charge in [0, 0.05) is 7.11 Å². The number of rotatable bonds is 4. The van der Waals surface area contributed by atoms with E-state index in [1.54, 1.807) is 12.1 Å². The maximum Gasteiger partial charge on any atom is 0.163 e. The molecule has 0 fully saturated rings. The predicted octanol–water partition coefficient (Wildman–Crippen LogP) is 1.68. The largest absolute Gasteiger partial charge is 0.504 e. The Bertz CT molecular complexity index is 360. The normalized spacial score (nSPS) is 12.2. The zero-order valence-electron chi connectivity index (χ0n) is 8.98. The van der Waals surface area contributed by atoms with Crippen molar-refractivity contribution in [3.63, 3.8) is 0 Å². The van der Waals surface area contributed by atoms with E-state index in [-0.39, 0.29) is 11.5 Å². The minimum Gasteiger partial charge on any atom is -0.504 e. The second-order valence-electron chi connectivity index (χ2n) is 3.16. The first-order chi connectivity index (χ1) is 7.10. The number of hydrogen-bond acceptors (Lipinski definition) is 4. The summed E-state index contributed by atoms with van der Waals surface area (Å²) >= 11 is 0. The predicted molar refractivity (Wildman–Crippen MR) is 55.1 cm³/mol. The van der Waals surface area contributed by atoms with E-state index in [9.17, 15) is 9.90 Å². The number of ketones is 1. The molecule has 1 N–H and O–H groups in total. The Balaban J connectivity index is 3.09. The second kappa shape index (κ2) is 4.79. The Kier molecular flexibility index (Phi) is 3.68. The standard InChI is InChI=1S/C11H14O4/c1-7(12)11(15-3)8-4-5-9(13)10(6-8)14-2/h4-6,11,13H,1-3H3/t11-/m1/s1. The van der Waals surface area contributed by atoms with Crippen LogP contribution in [0.4, 0.5) is 0 Å². The average molecular weight is 210 g/mol. The van der Waals surface area contributed by atoms with Gasteiger partial charge in [0.1, 0.15) is 6.10 Å². The Labute approximate surface area is 88.4 Å². The molecule has 4 nitrogen and oxygen atoms in total. The smallest absolute Gasteiger partial charge is 0.163 e. The molecule has 0 aliphatic carbocycles. The monoisotopic (exact) mass is 210 g/mol. The lowest BCUT2D eigenvalue weighted by molar-refractivity contribution is -0.126. The summed E-state index contributed by atoms with van der Waals surface area (Å²) in [5.74, 6) is 0.278. The van der Waals surface area contributed by atoms with Crippen LogP contribution in [-0.4, -0.2) is 25.1 Å². The van der Waals surface area contributed by atoms with Crippen molar-refractivity contribution >= 4 is 5.78 Å². The van der Waals surface area contributed by atoms with Gasteiger partial charge in [0.05, 0.1) is 7.11 Å². The Morgan fingerprint density at radius 1 is 1.40 bits per heavy atom. The van der Waals surface area contributed by atoms with Gasteiger partial charge in [-0.05, 0) is 24.6 Å². The van der Waals surface area contributed by atoms with Gasteiger partial charge in [-0.1, -0.05) is 6.07 Å². The lowest BCUT2D eigenvalue weighted by Gasteiger charge is -2.13. The zero-order chi connectivity index (χ0) is 11.4. The van der Waals surface area contributed by atoms with Crippen LogP contribution in [-0.2, 0) is 9.53 Å². The Hall–Kier alpha value is -1.55. The van der Waals surface area contributed by atoms with Crippen LogP contribution in [0.15, 0.2) is 18.2 Å². The van der Waals surface area contributed by atoms with Crippen LogP contribution in [0.5, 0.6) is 11.5 Å². The third kappa shape index (κ3) is 2.47. The summed E-state index contributed by atoms with van der Waals surface area (Å²) in [4.78, 5) is 11.2. The molecule has 0 unspecified atom stereocenters.